The number of hydrogen-bond donors (Lipinski definition) is 1. The number of aromatic nitrogens is 2. The lowest BCUT2D eigenvalue weighted by molar-refractivity contribution is -0.386. The van der Waals surface area contributed by atoms with Gasteiger partial charge >= 0.3 is 11.7 Å². The molecule has 2 heterocycles. The number of carbonyl (C=O) groups is 1. The van der Waals surface area contributed by atoms with E-state index >= 15 is 0 Å². The van der Waals surface area contributed by atoms with E-state index in [1.165, 1.54) is 16.8 Å². The fourth-order valence-electron chi connectivity index (χ4n) is 2.11. The molecule has 0 aliphatic heterocycles. The van der Waals surface area contributed by atoms with Crippen LogP contribution < -0.4 is 0 Å². The second-order valence-corrected chi connectivity index (χ2v) is 4.40. The Labute approximate surface area is 113 Å². The van der Waals surface area contributed by atoms with Crippen LogP contribution in [0.15, 0.2) is 16.5 Å². The normalized spacial score (nSPS) is 12.3. The van der Waals surface area contributed by atoms with Gasteiger partial charge in [-0.25, -0.2) is 4.79 Å². The van der Waals surface area contributed by atoms with Gasteiger partial charge < -0.3 is 9.52 Å². The van der Waals surface area contributed by atoms with Crippen LogP contribution >= 0.6 is 0 Å². The number of rotatable bonds is 4. The van der Waals surface area contributed by atoms with Gasteiger partial charge in [-0.05, 0) is 32.9 Å². The van der Waals surface area contributed by atoms with Gasteiger partial charge in [-0.15, -0.1) is 0 Å². The Morgan fingerprint density at radius 1 is 1.50 bits per heavy atom. The highest BCUT2D eigenvalue weighted by atomic mass is 16.6. The summed E-state index contributed by atoms with van der Waals surface area (Å²) in [5, 5.41) is 23.9. The van der Waals surface area contributed by atoms with Gasteiger partial charge in [-0.2, -0.15) is 5.10 Å². The molecule has 1 N–H and O–H groups in total. The Morgan fingerprint density at radius 2 is 2.15 bits per heavy atom. The van der Waals surface area contributed by atoms with Crippen molar-refractivity contribution >= 4 is 11.7 Å². The van der Waals surface area contributed by atoms with E-state index in [2.05, 4.69) is 5.10 Å². The zero-order valence-electron chi connectivity index (χ0n) is 11.2. The molecule has 0 spiro atoms. The van der Waals surface area contributed by atoms with Gasteiger partial charge in [-0.3, -0.25) is 14.8 Å². The number of aromatic carboxylic acids is 1. The number of nitro groups is 1. The summed E-state index contributed by atoms with van der Waals surface area (Å²) in [5.74, 6) is -0.964. The first-order valence-electron chi connectivity index (χ1n) is 5.86. The average molecular weight is 279 g/mol. The molecule has 0 aliphatic rings. The highest BCUT2D eigenvalue weighted by molar-refractivity contribution is 5.84. The van der Waals surface area contributed by atoms with Crippen LogP contribution in [0.3, 0.4) is 0 Å². The molecule has 1 unspecified atom stereocenters. The third-order valence-electron chi connectivity index (χ3n) is 3.09. The fraction of sp³-hybridized carbons (Fsp3) is 0.333. The number of nitrogens with zero attached hydrogens (tertiary/aromatic N) is 3. The lowest BCUT2D eigenvalue weighted by Crippen LogP contribution is -2.10. The maximum atomic E-state index is 11.0. The standard InChI is InChI=1S/C12H13N3O5/c1-6-11(15(18)19)8(3)14(13-6)7(2)9-4-5-10(20-9)12(16)17/h4-5,7H,1-3H3,(H,16,17). The van der Waals surface area contributed by atoms with Crippen molar-refractivity contribution < 1.29 is 19.2 Å². The predicted octanol–water partition coefficient (Wildman–Crippen LogP) is 2.31. The van der Waals surface area contributed by atoms with Crippen LogP contribution in [0, 0.1) is 24.0 Å². The van der Waals surface area contributed by atoms with Crippen LogP contribution in [0.2, 0.25) is 0 Å². The molecule has 0 aromatic carbocycles. The molecule has 106 valence electrons. The zero-order valence-corrected chi connectivity index (χ0v) is 11.2. The summed E-state index contributed by atoms with van der Waals surface area (Å²) in [7, 11) is 0. The molecule has 2 rings (SSSR count). The molecule has 2 aromatic rings. The number of furan rings is 1. The van der Waals surface area contributed by atoms with Gasteiger partial charge in [0.05, 0.1) is 4.92 Å². The van der Waals surface area contributed by atoms with E-state index in [1.807, 2.05) is 0 Å². The Kier molecular flexibility index (Phi) is 3.31. The van der Waals surface area contributed by atoms with E-state index < -0.39 is 16.9 Å². The van der Waals surface area contributed by atoms with E-state index in [0.29, 0.717) is 17.1 Å². The topological polar surface area (TPSA) is 111 Å². The van der Waals surface area contributed by atoms with E-state index in [0.717, 1.165) is 0 Å². The Bertz CT molecular complexity index is 685. The molecule has 0 aliphatic carbocycles. The molecule has 8 heteroatoms. The van der Waals surface area contributed by atoms with E-state index in [9.17, 15) is 14.9 Å². The summed E-state index contributed by atoms with van der Waals surface area (Å²) in [6, 6.07) is 2.43. The Balaban J connectivity index is 2.43. The third-order valence-corrected chi connectivity index (χ3v) is 3.09. The van der Waals surface area contributed by atoms with Gasteiger partial charge in [0.15, 0.2) is 0 Å². The molecule has 8 nitrogen and oxygen atoms in total. The minimum absolute atomic E-state index is 0.0399. The van der Waals surface area contributed by atoms with Crippen LogP contribution in [-0.4, -0.2) is 25.8 Å². The minimum atomic E-state index is -1.16. The van der Waals surface area contributed by atoms with E-state index in [4.69, 9.17) is 9.52 Å². The summed E-state index contributed by atoms with van der Waals surface area (Å²) in [6.45, 7) is 4.88. The van der Waals surface area contributed by atoms with Crippen LogP contribution in [-0.2, 0) is 0 Å². The maximum absolute atomic E-state index is 11.0. The SMILES string of the molecule is Cc1nn(C(C)c2ccc(C(=O)O)o2)c(C)c1[N+](=O)[O-]. The number of carboxylic acid groups (broad SMARTS) is 1. The van der Waals surface area contributed by atoms with Crippen LogP contribution in [0.1, 0.15) is 40.7 Å². The summed E-state index contributed by atoms with van der Waals surface area (Å²) in [4.78, 5) is 21.3. The first kappa shape index (κ1) is 13.8. The van der Waals surface area contributed by atoms with Gasteiger partial charge in [0.2, 0.25) is 5.76 Å². The van der Waals surface area contributed by atoms with E-state index in [1.54, 1.807) is 20.8 Å². The van der Waals surface area contributed by atoms with Crippen molar-refractivity contribution in [1.29, 1.82) is 0 Å². The third kappa shape index (κ3) is 2.15. The first-order chi connectivity index (χ1) is 9.32. The molecule has 0 saturated heterocycles. The molecule has 0 amide bonds. The van der Waals surface area contributed by atoms with Crippen LogP contribution in [0.5, 0.6) is 0 Å². The van der Waals surface area contributed by atoms with Gasteiger partial charge in [0, 0.05) is 0 Å². The maximum Gasteiger partial charge on any atom is 0.371 e. The number of aryl methyl sites for hydroxylation is 1. The predicted molar refractivity (Wildman–Crippen MR) is 67.8 cm³/mol. The minimum Gasteiger partial charge on any atom is -0.475 e. The molecular formula is C12H13N3O5. The highest BCUT2D eigenvalue weighted by Crippen LogP contribution is 2.28. The highest BCUT2D eigenvalue weighted by Gasteiger charge is 2.26. The van der Waals surface area contributed by atoms with Crippen molar-refractivity contribution in [2.75, 3.05) is 0 Å². The number of carboxylic acids is 1. The molecule has 2 aromatic heterocycles. The summed E-state index contributed by atoms with van der Waals surface area (Å²) >= 11 is 0. The fourth-order valence-corrected chi connectivity index (χ4v) is 2.11. The molecule has 20 heavy (non-hydrogen) atoms. The average Bonchev–Trinajstić information content (AvgIpc) is 2.93. The van der Waals surface area contributed by atoms with Gasteiger partial charge in [0.1, 0.15) is 23.2 Å². The summed E-state index contributed by atoms with van der Waals surface area (Å²) < 4.78 is 6.65. The molecule has 0 radical (unpaired) electrons. The van der Waals surface area contributed by atoms with Crippen molar-refractivity contribution in [1.82, 2.24) is 9.78 Å². The second-order valence-electron chi connectivity index (χ2n) is 4.40. The van der Waals surface area contributed by atoms with Crippen molar-refractivity contribution in [3.8, 4) is 0 Å². The van der Waals surface area contributed by atoms with Crippen molar-refractivity contribution in [2.24, 2.45) is 0 Å². The quantitative estimate of drug-likeness (QED) is 0.679. The lowest BCUT2D eigenvalue weighted by Gasteiger charge is -2.10. The molecular weight excluding hydrogens is 266 g/mol. The lowest BCUT2D eigenvalue weighted by atomic mass is 10.2. The smallest absolute Gasteiger partial charge is 0.371 e. The largest absolute Gasteiger partial charge is 0.475 e. The first-order valence-corrected chi connectivity index (χ1v) is 5.86. The number of hydrogen-bond acceptors (Lipinski definition) is 5. The summed E-state index contributed by atoms with van der Waals surface area (Å²) in [6.07, 6.45) is 0. The van der Waals surface area contributed by atoms with Gasteiger partial charge in [-0.1, -0.05) is 0 Å². The molecule has 0 saturated carbocycles. The van der Waals surface area contributed by atoms with Crippen molar-refractivity contribution in [3.05, 3.63) is 45.2 Å². The van der Waals surface area contributed by atoms with Crippen LogP contribution in [0.4, 0.5) is 5.69 Å². The monoisotopic (exact) mass is 279 g/mol. The Hall–Kier alpha value is -2.64. The summed E-state index contributed by atoms with van der Waals surface area (Å²) in [5.41, 5.74) is 0.666. The van der Waals surface area contributed by atoms with Gasteiger partial charge in [0.25, 0.3) is 0 Å². The second kappa shape index (κ2) is 4.80. The van der Waals surface area contributed by atoms with Crippen molar-refractivity contribution in [3.63, 3.8) is 0 Å². The van der Waals surface area contributed by atoms with Crippen molar-refractivity contribution in [2.45, 2.75) is 26.8 Å². The Morgan fingerprint density at radius 3 is 2.60 bits per heavy atom. The molecule has 0 bridgehead atoms. The molecule has 0 fully saturated rings. The van der Waals surface area contributed by atoms with E-state index in [-0.39, 0.29) is 11.4 Å². The van der Waals surface area contributed by atoms with Crippen LogP contribution in [0.25, 0.3) is 0 Å². The zero-order chi connectivity index (χ0) is 15.0. The molecule has 1 atom stereocenters.